The van der Waals surface area contributed by atoms with Crippen molar-refractivity contribution in [1.29, 1.82) is 0 Å². The van der Waals surface area contributed by atoms with Crippen LogP contribution in [0.25, 0.3) is 6.08 Å². The Balaban J connectivity index is 1.86. The van der Waals surface area contributed by atoms with Gasteiger partial charge in [0, 0.05) is 6.07 Å². The van der Waals surface area contributed by atoms with Crippen molar-refractivity contribution in [3.8, 4) is 23.0 Å². The van der Waals surface area contributed by atoms with Gasteiger partial charge in [-0.15, -0.1) is 0 Å². The summed E-state index contributed by atoms with van der Waals surface area (Å²) in [5.41, 5.74) is 1.23. The smallest absolute Gasteiger partial charge is 0.231 e. The molecule has 0 amide bonds. The summed E-state index contributed by atoms with van der Waals surface area (Å²) in [6, 6.07) is 10.3. The first-order chi connectivity index (χ1) is 12.2. The molecule has 3 rings (SSSR count). The van der Waals surface area contributed by atoms with Crippen LogP contribution in [0.2, 0.25) is 0 Å². The van der Waals surface area contributed by atoms with E-state index in [4.69, 9.17) is 24.1 Å². The fourth-order valence-electron chi connectivity index (χ4n) is 2.51. The van der Waals surface area contributed by atoms with Gasteiger partial charge in [0.1, 0.15) is 18.1 Å². The van der Waals surface area contributed by atoms with E-state index in [-0.39, 0.29) is 24.8 Å². The second-order valence-electron chi connectivity index (χ2n) is 5.28. The number of methoxy groups -OCH3 is 2. The Kier molecular flexibility index (Phi) is 4.90. The third-order valence-corrected chi connectivity index (χ3v) is 3.71. The third kappa shape index (κ3) is 3.44. The quantitative estimate of drug-likeness (QED) is 0.814. The first-order valence-corrected chi connectivity index (χ1v) is 7.70. The number of hydrogen-bond donors (Lipinski definition) is 1. The number of allylic oxidation sites excluding steroid dienone is 1. The zero-order valence-electron chi connectivity index (χ0n) is 13.9. The Labute approximate surface area is 145 Å². The van der Waals surface area contributed by atoms with Crippen molar-refractivity contribution in [2.75, 3.05) is 27.4 Å². The molecule has 1 N–H and O–H groups in total. The molecule has 0 fully saturated rings. The van der Waals surface area contributed by atoms with Gasteiger partial charge in [-0.1, -0.05) is 6.07 Å². The van der Waals surface area contributed by atoms with Crippen molar-refractivity contribution in [3.63, 3.8) is 0 Å². The number of aliphatic hydroxyl groups is 1. The molecule has 0 spiro atoms. The molecule has 0 aromatic heterocycles. The number of ether oxygens (including phenoxy) is 4. The summed E-state index contributed by atoms with van der Waals surface area (Å²) >= 11 is 0. The standard InChI is InChI=1S/C19H18O6/c1-22-15-6-3-12(9-17(15)23-2)10-18-19(21)14-5-4-13(24-8-7-20)11-16(14)25-18/h3-6,9-11,20H,7-8H2,1-2H3/b18-10-. The van der Waals surface area contributed by atoms with Gasteiger partial charge in [0.2, 0.25) is 5.78 Å². The van der Waals surface area contributed by atoms with Crippen molar-refractivity contribution in [2.24, 2.45) is 0 Å². The van der Waals surface area contributed by atoms with Crippen LogP contribution in [0.3, 0.4) is 0 Å². The Bertz CT molecular complexity index is 825. The molecule has 0 saturated carbocycles. The highest BCUT2D eigenvalue weighted by molar-refractivity contribution is 6.14. The summed E-state index contributed by atoms with van der Waals surface area (Å²) in [4.78, 5) is 12.5. The number of benzene rings is 2. The van der Waals surface area contributed by atoms with Crippen LogP contribution < -0.4 is 18.9 Å². The molecule has 1 aliphatic heterocycles. The highest BCUT2D eigenvalue weighted by atomic mass is 16.5. The number of ketones is 1. The Hall–Kier alpha value is -2.99. The number of Topliss-reactive ketones (excluding diaryl/α,β-unsaturated/α-hetero) is 1. The van der Waals surface area contributed by atoms with E-state index >= 15 is 0 Å². The lowest BCUT2D eigenvalue weighted by Gasteiger charge is -2.08. The first-order valence-electron chi connectivity index (χ1n) is 7.70. The zero-order valence-corrected chi connectivity index (χ0v) is 13.9. The van der Waals surface area contributed by atoms with Gasteiger partial charge in [-0.05, 0) is 35.9 Å². The molecule has 130 valence electrons. The minimum Gasteiger partial charge on any atom is -0.493 e. The van der Waals surface area contributed by atoms with E-state index in [1.165, 1.54) is 0 Å². The van der Waals surface area contributed by atoms with E-state index in [2.05, 4.69) is 0 Å². The summed E-state index contributed by atoms with van der Waals surface area (Å²) < 4.78 is 21.5. The number of carbonyl (C=O) groups excluding carboxylic acids is 1. The topological polar surface area (TPSA) is 74.2 Å². The summed E-state index contributed by atoms with van der Waals surface area (Å²) in [7, 11) is 3.11. The molecule has 1 heterocycles. The van der Waals surface area contributed by atoms with Crippen LogP contribution >= 0.6 is 0 Å². The second-order valence-corrected chi connectivity index (χ2v) is 5.28. The molecule has 0 radical (unpaired) electrons. The average Bonchev–Trinajstić information content (AvgIpc) is 2.95. The van der Waals surface area contributed by atoms with Gasteiger partial charge >= 0.3 is 0 Å². The van der Waals surface area contributed by atoms with Crippen molar-refractivity contribution in [3.05, 3.63) is 53.3 Å². The molecule has 0 bridgehead atoms. The van der Waals surface area contributed by atoms with Gasteiger partial charge in [-0.3, -0.25) is 4.79 Å². The summed E-state index contributed by atoms with van der Waals surface area (Å²) in [5, 5.41) is 8.81. The third-order valence-electron chi connectivity index (χ3n) is 3.71. The summed E-state index contributed by atoms with van der Waals surface area (Å²) in [5.74, 6) is 2.18. The van der Waals surface area contributed by atoms with Crippen LogP contribution in [0.4, 0.5) is 0 Å². The van der Waals surface area contributed by atoms with Gasteiger partial charge in [0.05, 0.1) is 26.4 Å². The van der Waals surface area contributed by atoms with Gasteiger partial charge in [0.15, 0.2) is 17.3 Å². The van der Waals surface area contributed by atoms with Gasteiger partial charge in [-0.2, -0.15) is 0 Å². The van der Waals surface area contributed by atoms with E-state index in [1.54, 1.807) is 50.6 Å². The maximum atomic E-state index is 12.5. The lowest BCUT2D eigenvalue weighted by Crippen LogP contribution is -2.01. The molecule has 6 heteroatoms. The molecular formula is C19H18O6. The lowest BCUT2D eigenvalue weighted by atomic mass is 10.1. The molecule has 25 heavy (non-hydrogen) atoms. The number of aliphatic hydroxyl groups excluding tert-OH is 1. The molecule has 1 aliphatic rings. The van der Waals surface area contributed by atoms with Crippen LogP contribution in [-0.2, 0) is 0 Å². The minimum absolute atomic E-state index is 0.0820. The summed E-state index contributed by atoms with van der Waals surface area (Å²) in [6.07, 6.45) is 1.65. The van der Waals surface area contributed by atoms with Gasteiger partial charge in [-0.25, -0.2) is 0 Å². The van der Waals surface area contributed by atoms with E-state index in [0.717, 1.165) is 5.56 Å². The van der Waals surface area contributed by atoms with E-state index in [1.807, 2.05) is 6.07 Å². The molecule has 0 aliphatic carbocycles. The minimum atomic E-state index is -0.196. The van der Waals surface area contributed by atoms with Crippen molar-refractivity contribution in [2.45, 2.75) is 0 Å². The van der Waals surface area contributed by atoms with Crippen molar-refractivity contribution in [1.82, 2.24) is 0 Å². The molecule has 0 unspecified atom stereocenters. The van der Waals surface area contributed by atoms with Crippen LogP contribution in [0.1, 0.15) is 15.9 Å². The molecule has 0 saturated heterocycles. The van der Waals surface area contributed by atoms with E-state index < -0.39 is 0 Å². The fraction of sp³-hybridized carbons (Fsp3) is 0.211. The van der Waals surface area contributed by atoms with Crippen LogP contribution in [0.5, 0.6) is 23.0 Å². The largest absolute Gasteiger partial charge is 0.493 e. The van der Waals surface area contributed by atoms with Crippen LogP contribution in [0, 0.1) is 0 Å². The predicted octanol–water partition coefficient (Wildman–Crippen LogP) is 2.69. The normalized spacial score (nSPS) is 14.2. The maximum absolute atomic E-state index is 12.5. The fourth-order valence-corrected chi connectivity index (χ4v) is 2.51. The molecule has 6 nitrogen and oxygen atoms in total. The Morgan fingerprint density at radius 3 is 2.60 bits per heavy atom. The number of rotatable bonds is 6. The highest BCUT2D eigenvalue weighted by Crippen LogP contribution is 2.35. The molecule has 0 atom stereocenters. The summed E-state index contributed by atoms with van der Waals surface area (Å²) in [6.45, 7) is 0.0996. The lowest BCUT2D eigenvalue weighted by molar-refractivity contribution is 0.101. The van der Waals surface area contributed by atoms with Crippen LogP contribution in [-0.4, -0.2) is 38.3 Å². The van der Waals surface area contributed by atoms with Gasteiger partial charge in [0.25, 0.3) is 0 Å². The van der Waals surface area contributed by atoms with Crippen LogP contribution in [0.15, 0.2) is 42.2 Å². The Morgan fingerprint density at radius 1 is 1.08 bits per heavy atom. The molecular weight excluding hydrogens is 324 g/mol. The molecule has 2 aromatic carbocycles. The zero-order chi connectivity index (χ0) is 17.8. The Morgan fingerprint density at radius 2 is 1.88 bits per heavy atom. The monoisotopic (exact) mass is 342 g/mol. The molecule has 2 aromatic rings. The number of carbonyl (C=O) groups is 1. The average molecular weight is 342 g/mol. The van der Waals surface area contributed by atoms with Gasteiger partial charge < -0.3 is 24.1 Å². The first kappa shape index (κ1) is 16.9. The predicted molar refractivity (Wildman–Crippen MR) is 91.5 cm³/mol. The SMILES string of the molecule is COc1ccc(/C=C2\Oc3cc(OCCO)ccc3C2=O)cc1OC. The van der Waals surface area contributed by atoms with E-state index in [0.29, 0.717) is 28.6 Å². The number of hydrogen-bond acceptors (Lipinski definition) is 6. The van der Waals surface area contributed by atoms with Crippen molar-refractivity contribution < 1.29 is 28.8 Å². The van der Waals surface area contributed by atoms with E-state index in [9.17, 15) is 4.79 Å². The van der Waals surface area contributed by atoms with Crippen molar-refractivity contribution >= 4 is 11.9 Å². The highest BCUT2D eigenvalue weighted by Gasteiger charge is 2.27. The number of fused-ring (bicyclic) bond motifs is 1. The second kappa shape index (κ2) is 7.27. The maximum Gasteiger partial charge on any atom is 0.231 e.